The largest absolute Gasteiger partial charge is 0.313 e. The van der Waals surface area contributed by atoms with Crippen LogP contribution in [-0.4, -0.2) is 35.6 Å². The van der Waals surface area contributed by atoms with Gasteiger partial charge in [0.15, 0.2) is 0 Å². The van der Waals surface area contributed by atoms with Crippen LogP contribution >= 0.6 is 0 Å². The molecule has 2 fully saturated rings. The average Bonchev–Trinajstić information content (AvgIpc) is 3.10. The quantitative estimate of drug-likeness (QED) is 0.354. The molecule has 2 rings (SSSR count). The molecule has 0 aromatic heterocycles. The highest BCUT2D eigenvalue weighted by molar-refractivity contribution is 5.02. The van der Waals surface area contributed by atoms with Gasteiger partial charge < -0.3 is 5.32 Å². The first-order valence-electron chi connectivity index (χ1n) is 12.7. The van der Waals surface area contributed by atoms with Crippen molar-refractivity contribution in [2.75, 3.05) is 13.6 Å². The maximum atomic E-state index is 3.93. The lowest BCUT2D eigenvalue weighted by atomic mass is 9.71. The van der Waals surface area contributed by atoms with Crippen LogP contribution < -0.4 is 5.32 Å². The van der Waals surface area contributed by atoms with Crippen LogP contribution in [0.5, 0.6) is 0 Å². The molecule has 0 radical (unpaired) electrons. The van der Waals surface area contributed by atoms with Crippen LogP contribution in [0, 0.1) is 11.8 Å². The third-order valence-corrected chi connectivity index (χ3v) is 8.13. The van der Waals surface area contributed by atoms with E-state index in [1.54, 1.807) is 0 Å². The summed E-state index contributed by atoms with van der Waals surface area (Å²) in [6.45, 7) is 13.3. The average molecular weight is 393 g/mol. The minimum atomic E-state index is 0.322. The predicted molar refractivity (Wildman–Crippen MR) is 125 cm³/mol. The van der Waals surface area contributed by atoms with Crippen molar-refractivity contribution in [1.82, 2.24) is 10.2 Å². The third kappa shape index (κ3) is 7.31. The number of hydrogen-bond acceptors (Lipinski definition) is 2. The van der Waals surface area contributed by atoms with Crippen LogP contribution in [0.15, 0.2) is 0 Å². The van der Waals surface area contributed by atoms with Crippen molar-refractivity contribution in [1.29, 1.82) is 0 Å². The predicted octanol–water partition coefficient (Wildman–Crippen LogP) is 7.17. The summed E-state index contributed by atoms with van der Waals surface area (Å²) in [6.07, 6.45) is 20.1. The first-order chi connectivity index (χ1) is 13.3. The highest BCUT2D eigenvalue weighted by atomic mass is 15.2. The highest BCUT2D eigenvalue weighted by Gasteiger charge is 2.46. The number of hydrogen-bond donors (Lipinski definition) is 1. The van der Waals surface area contributed by atoms with E-state index in [0.29, 0.717) is 11.1 Å². The van der Waals surface area contributed by atoms with Crippen LogP contribution in [0.2, 0.25) is 0 Å². The molecule has 2 unspecified atom stereocenters. The molecule has 0 aromatic rings. The SMILES string of the molecule is CCCCCCCCCCCCC1CNC(C2CC(C)(C)N(C)C(C)(C)C2)C1. The first-order valence-corrected chi connectivity index (χ1v) is 12.7. The van der Waals surface area contributed by atoms with Gasteiger partial charge in [0, 0.05) is 17.1 Å². The van der Waals surface area contributed by atoms with E-state index in [1.807, 2.05) is 0 Å². The molecule has 0 aliphatic carbocycles. The number of rotatable bonds is 12. The minimum absolute atomic E-state index is 0.322. The molecule has 0 amide bonds. The lowest BCUT2D eigenvalue weighted by molar-refractivity contribution is -0.0373. The summed E-state index contributed by atoms with van der Waals surface area (Å²) in [4.78, 5) is 2.62. The van der Waals surface area contributed by atoms with Gasteiger partial charge in [-0.05, 0) is 78.8 Å². The van der Waals surface area contributed by atoms with Gasteiger partial charge in [0.05, 0.1) is 0 Å². The Morgan fingerprint density at radius 2 is 1.29 bits per heavy atom. The fourth-order valence-corrected chi connectivity index (χ4v) is 6.08. The number of nitrogens with zero attached hydrogens (tertiary/aromatic N) is 1. The Morgan fingerprint density at radius 1 is 0.786 bits per heavy atom. The molecule has 2 heterocycles. The molecular weight excluding hydrogens is 340 g/mol. The van der Waals surface area contributed by atoms with Gasteiger partial charge in [-0.2, -0.15) is 0 Å². The maximum absolute atomic E-state index is 3.93. The zero-order valence-electron chi connectivity index (χ0n) is 20.3. The Bertz CT molecular complexity index is 410. The van der Waals surface area contributed by atoms with Crippen molar-refractivity contribution in [3.63, 3.8) is 0 Å². The van der Waals surface area contributed by atoms with Gasteiger partial charge in [-0.25, -0.2) is 0 Å². The molecule has 166 valence electrons. The van der Waals surface area contributed by atoms with Crippen molar-refractivity contribution in [3.05, 3.63) is 0 Å². The van der Waals surface area contributed by atoms with E-state index in [9.17, 15) is 0 Å². The number of likely N-dealkylation sites (tertiary alicyclic amines) is 1. The van der Waals surface area contributed by atoms with Crippen molar-refractivity contribution in [2.24, 2.45) is 11.8 Å². The number of nitrogens with one attached hydrogen (secondary N) is 1. The molecule has 0 aromatic carbocycles. The second-order valence-corrected chi connectivity index (χ2v) is 11.4. The van der Waals surface area contributed by atoms with E-state index in [1.165, 1.54) is 96.4 Å². The molecular formula is C26H52N2. The Morgan fingerprint density at radius 3 is 1.82 bits per heavy atom. The standard InChI is InChI=1S/C26H52N2/c1-7-8-9-10-11-12-13-14-15-16-17-22-18-24(27-21-22)23-19-25(2,3)28(6)26(4,5)20-23/h22-24,27H,7-21H2,1-6H3. The monoisotopic (exact) mass is 392 g/mol. The molecule has 28 heavy (non-hydrogen) atoms. The van der Waals surface area contributed by atoms with Gasteiger partial charge in [-0.15, -0.1) is 0 Å². The van der Waals surface area contributed by atoms with Gasteiger partial charge in [-0.1, -0.05) is 71.1 Å². The van der Waals surface area contributed by atoms with E-state index in [0.717, 1.165) is 17.9 Å². The van der Waals surface area contributed by atoms with E-state index in [2.05, 4.69) is 51.9 Å². The van der Waals surface area contributed by atoms with Gasteiger partial charge in [0.1, 0.15) is 0 Å². The molecule has 0 saturated carbocycles. The molecule has 2 heteroatoms. The Hall–Kier alpha value is -0.0800. The lowest BCUT2D eigenvalue weighted by Crippen LogP contribution is -2.60. The lowest BCUT2D eigenvalue weighted by Gasteiger charge is -2.55. The van der Waals surface area contributed by atoms with Crippen LogP contribution in [0.1, 0.15) is 125 Å². The summed E-state index contributed by atoms with van der Waals surface area (Å²) in [5.41, 5.74) is 0.644. The minimum Gasteiger partial charge on any atom is -0.313 e. The second-order valence-electron chi connectivity index (χ2n) is 11.4. The Kier molecular flexibility index (Phi) is 9.81. The molecule has 2 atom stereocenters. The van der Waals surface area contributed by atoms with Crippen molar-refractivity contribution in [2.45, 2.75) is 142 Å². The second kappa shape index (κ2) is 11.3. The van der Waals surface area contributed by atoms with Gasteiger partial charge in [0.25, 0.3) is 0 Å². The smallest absolute Gasteiger partial charge is 0.0158 e. The van der Waals surface area contributed by atoms with Gasteiger partial charge in [-0.3, -0.25) is 4.90 Å². The number of piperidine rings is 1. The zero-order valence-corrected chi connectivity index (χ0v) is 20.3. The van der Waals surface area contributed by atoms with E-state index in [-0.39, 0.29) is 0 Å². The van der Waals surface area contributed by atoms with Crippen LogP contribution in [-0.2, 0) is 0 Å². The summed E-state index contributed by atoms with van der Waals surface area (Å²) in [5.74, 6) is 1.78. The Balaban J connectivity index is 1.58. The molecule has 0 spiro atoms. The normalized spacial score (nSPS) is 28.1. The van der Waals surface area contributed by atoms with Crippen molar-refractivity contribution >= 4 is 0 Å². The van der Waals surface area contributed by atoms with E-state index >= 15 is 0 Å². The third-order valence-electron chi connectivity index (χ3n) is 8.13. The molecule has 2 aliphatic heterocycles. The van der Waals surface area contributed by atoms with E-state index < -0.39 is 0 Å². The summed E-state index contributed by atoms with van der Waals surface area (Å²) in [6, 6.07) is 0.764. The van der Waals surface area contributed by atoms with Crippen LogP contribution in [0.3, 0.4) is 0 Å². The zero-order chi connectivity index (χ0) is 20.6. The van der Waals surface area contributed by atoms with Gasteiger partial charge >= 0.3 is 0 Å². The summed E-state index contributed by atoms with van der Waals surface area (Å²) >= 11 is 0. The summed E-state index contributed by atoms with van der Waals surface area (Å²) in [5, 5.41) is 3.93. The van der Waals surface area contributed by atoms with Crippen molar-refractivity contribution in [3.8, 4) is 0 Å². The fraction of sp³-hybridized carbons (Fsp3) is 1.00. The maximum Gasteiger partial charge on any atom is 0.0158 e. The molecule has 0 bridgehead atoms. The van der Waals surface area contributed by atoms with Crippen LogP contribution in [0.25, 0.3) is 0 Å². The topological polar surface area (TPSA) is 15.3 Å². The van der Waals surface area contributed by atoms with E-state index in [4.69, 9.17) is 0 Å². The molecule has 2 nitrogen and oxygen atoms in total. The first kappa shape index (κ1) is 24.2. The van der Waals surface area contributed by atoms with Crippen LogP contribution in [0.4, 0.5) is 0 Å². The van der Waals surface area contributed by atoms with Crippen molar-refractivity contribution < 1.29 is 0 Å². The summed E-state index contributed by atoms with van der Waals surface area (Å²) in [7, 11) is 2.33. The number of unbranched alkanes of at least 4 members (excludes halogenated alkanes) is 9. The van der Waals surface area contributed by atoms with Gasteiger partial charge in [0.2, 0.25) is 0 Å². The fourth-order valence-electron chi connectivity index (χ4n) is 6.08. The summed E-state index contributed by atoms with van der Waals surface area (Å²) < 4.78 is 0. The highest BCUT2D eigenvalue weighted by Crippen LogP contribution is 2.43. The molecule has 2 aliphatic rings. The Labute approximate surface area is 177 Å². The molecule has 2 saturated heterocycles. The molecule has 1 N–H and O–H groups in total.